The Morgan fingerprint density at radius 2 is 2.00 bits per heavy atom. The van der Waals surface area contributed by atoms with E-state index in [-0.39, 0.29) is 35.3 Å². The molecular weight excluding hydrogens is 326 g/mol. The van der Waals surface area contributed by atoms with Gasteiger partial charge in [0.25, 0.3) is 6.01 Å². The summed E-state index contributed by atoms with van der Waals surface area (Å²) in [5.41, 5.74) is 1.87. The number of ketones is 1. The number of carbonyl (C=O) groups is 1. The van der Waals surface area contributed by atoms with E-state index in [2.05, 4.69) is 10.3 Å². The first kappa shape index (κ1) is 17.1. The highest BCUT2D eigenvalue weighted by molar-refractivity contribution is 5.84. The molecule has 0 aliphatic rings. The van der Waals surface area contributed by atoms with Crippen LogP contribution in [0.2, 0.25) is 0 Å². The van der Waals surface area contributed by atoms with Crippen molar-refractivity contribution in [1.29, 1.82) is 0 Å². The third-order valence-electron chi connectivity index (χ3n) is 4.03. The molecule has 6 heteroatoms. The van der Waals surface area contributed by atoms with Gasteiger partial charge >= 0.3 is 0 Å². The molecule has 1 heterocycles. The van der Waals surface area contributed by atoms with Gasteiger partial charge in [-0.2, -0.15) is 4.98 Å². The van der Waals surface area contributed by atoms with Crippen molar-refractivity contribution in [2.24, 2.45) is 5.92 Å². The minimum Gasteiger partial charge on any atom is -0.420 e. The highest BCUT2D eigenvalue weighted by Gasteiger charge is 2.18. The zero-order valence-electron chi connectivity index (χ0n) is 14.2. The Morgan fingerprint density at radius 3 is 2.72 bits per heavy atom. The molecule has 25 heavy (non-hydrogen) atoms. The number of benzene rings is 2. The Hall–Kier alpha value is -2.76. The summed E-state index contributed by atoms with van der Waals surface area (Å²) in [6, 6.07) is 7.50. The van der Waals surface area contributed by atoms with Crippen LogP contribution in [-0.4, -0.2) is 10.8 Å². The van der Waals surface area contributed by atoms with Crippen molar-refractivity contribution >= 4 is 28.6 Å². The molecule has 0 amide bonds. The SMILES string of the molecule is Cc1ccc(F)cc1Nc1nc2ccc(CC(=O)C(C)C)c(F)c2o1. The number of fused-ring (bicyclic) bond motifs is 1. The summed E-state index contributed by atoms with van der Waals surface area (Å²) in [5.74, 6) is -1.21. The van der Waals surface area contributed by atoms with Crippen LogP contribution in [-0.2, 0) is 11.2 Å². The van der Waals surface area contributed by atoms with Gasteiger partial charge in [0.2, 0.25) is 0 Å². The van der Waals surface area contributed by atoms with Gasteiger partial charge in [0.1, 0.15) is 17.1 Å². The second-order valence-electron chi connectivity index (χ2n) is 6.29. The van der Waals surface area contributed by atoms with Crippen molar-refractivity contribution < 1.29 is 18.0 Å². The number of nitrogens with one attached hydrogen (secondary N) is 1. The Balaban J connectivity index is 1.93. The first-order valence-corrected chi connectivity index (χ1v) is 7.99. The molecule has 0 spiro atoms. The van der Waals surface area contributed by atoms with Crippen molar-refractivity contribution in [1.82, 2.24) is 4.98 Å². The average molecular weight is 344 g/mol. The van der Waals surface area contributed by atoms with Gasteiger partial charge < -0.3 is 9.73 Å². The molecule has 130 valence electrons. The lowest BCUT2D eigenvalue weighted by atomic mass is 10.0. The van der Waals surface area contributed by atoms with Crippen LogP contribution in [0.3, 0.4) is 0 Å². The molecular formula is C19H18F2N2O2. The zero-order valence-corrected chi connectivity index (χ0v) is 14.2. The molecule has 1 aromatic heterocycles. The third kappa shape index (κ3) is 3.52. The molecule has 0 atom stereocenters. The van der Waals surface area contributed by atoms with Crippen LogP contribution in [0.1, 0.15) is 25.0 Å². The molecule has 4 nitrogen and oxygen atoms in total. The Morgan fingerprint density at radius 1 is 1.24 bits per heavy atom. The van der Waals surface area contributed by atoms with Crippen molar-refractivity contribution in [3.8, 4) is 0 Å². The number of anilines is 2. The van der Waals surface area contributed by atoms with Crippen LogP contribution in [0.15, 0.2) is 34.7 Å². The topological polar surface area (TPSA) is 55.1 Å². The van der Waals surface area contributed by atoms with E-state index in [1.165, 1.54) is 18.2 Å². The van der Waals surface area contributed by atoms with Crippen LogP contribution in [0.4, 0.5) is 20.5 Å². The van der Waals surface area contributed by atoms with Gasteiger partial charge in [-0.1, -0.05) is 26.0 Å². The second-order valence-corrected chi connectivity index (χ2v) is 6.29. The first-order chi connectivity index (χ1) is 11.8. The van der Waals surface area contributed by atoms with Crippen molar-refractivity contribution in [2.45, 2.75) is 27.2 Å². The van der Waals surface area contributed by atoms with Gasteiger partial charge in [0.05, 0.1) is 0 Å². The number of hydrogen-bond donors (Lipinski definition) is 1. The van der Waals surface area contributed by atoms with Gasteiger partial charge in [0.15, 0.2) is 11.4 Å². The van der Waals surface area contributed by atoms with E-state index in [1.54, 1.807) is 32.9 Å². The minimum atomic E-state index is -0.594. The zero-order chi connectivity index (χ0) is 18.1. The van der Waals surface area contributed by atoms with E-state index in [1.807, 2.05) is 0 Å². The standard InChI is InChI=1S/C19H18F2N2O2/c1-10(2)16(24)8-12-5-7-14-18(17(12)21)25-19(22-14)23-15-9-13(20)6-4-11(15)3/h4-7,9-10H,8H2,1-3H3,(H,22,23). The fraction of sp³-hybridized carbons (Fsp3) is 0.263. The number of carbonyl (C=O) groups excluding carboxylic acids is 1. The number of Topliss-reactive ketones (excluding diaryl/α,β-unsaturated/α-hetero) is 1. The fourth-order valence-corrected chi connectivity index (χ4v) is 2.43. The van der Waals surface area contributed by atoms with Gasteiger partial charge in [-0.25, -0.2) is 8.78 Å². The van der Waals surface area contributed by atoms with Crippen molar-refractivity contribution in [3.05, 3.63) is 53.1 Å². The van der Waals surface area contributed by atoms with Crippen LogP contribution in [0.25, 0.3) is 11.1 Å². The van der Waals surface area contributed by atoms with Gasteiger partial charge in [-0.3, -0.25) is 4.79 Å². The van der Waals surface area contributed by atoms with Gasteiger partial charge in [-0.15, -0.1) is 0 Å². The van der Waals surface area contributed by atoms with Crippen LogP contribution >= 0.6 is 0 Å². The smallest absolute Gasteiger partial charge is 0.300 e. The highest BCUT2D eigenvalue weighted by atomic mass is 19.1. The minimum absolute atomic E-state index is 0.00586. The second kappa shape index (κ2) is 6.63. The summed E-state index contributed by atoms with van der Waals surface area (Å²) in [6.07, 6.45) is 0.00586. The number of aromatic nitrogens is 1. The predicted molar refractivity (Wildman–Crippen MR) is 91.9 cm³/mol. The van der Waals surface area contributed by atoms with Crippen LogP contribution < -0.4 is 5.32 Å². The number of halogens is 2. The van der Waals surface area contributed by atoms with E-state index >= 15 is 0 Å². The van der Waals surface area contributed by atoms with Gasteiger partial charge in [0, 0.05) is 18.0 Å². The Bertz CT molecular complexity index is 948. The molecule has 1 N–H and O–H groups in total. The highest BCUT2D eigenvalue weighted by Crippen LogP contribution is 2.28. The first-order valence-electron chi connectivity index (χ1n) is 7.99. The van der Waals surface area contributed by atoms with E-state index in [0.717, 1.165) is 5.56 Å². The average Bonchev–Trinajstić information content (AvgIpc) is 2.97. The maximum Gasteiger partial charge on any atom is 0.300 e. The summed E-state index contributed by atoms with van der Waals surface area (Å²) >= 11 is 0. The number of oxazole rings is 1. The van der Waals surface area contributed by atoms with E-state index < -0.39 is 11.6 Å². The molecule has 0 bridgehead atoms. The molecule has 0 aliphatic heterocycles. The molecule has 0 radical (unpaired) electrons. The van der Waals surface area contributed by atoms with Crippen molar-refractivity contribution in [2.75, 3.05) is 5.32 Å². The van der Waals surface area contributed by atoms with E-state index in [4.69, 9.17) is 4.42 Å². The molecule has 0 fully saturated rings. The lowest BCUT2D eigenvalue weighted by Crippen LogP contribution is -2.11. The maximum absolute atomic E-state index is 14.6. The third-order valence-corrected chi connectivity index (χ3v) is 4.03. The molecule has 0 unspecified atom stereocenters. The monoisotopic (exact) mass is 344 g/mol. The summed E-state index contributed by atoms with van der Waals surface area (Å²) in [6.45, 7) is 5.35. The number of rotatable bonds is 5. The molecule has 0 saturated carbocycles. The predicted octanol–water partition coefficient (Wildman–Crippen LogP) is 4.93. The molecule has 3 rings (SSSR count). The van der Waals surface area contributed by atoms with E-state index in [9.17, 15) is 13.6 Å². The van der Waals surface area contributed by atoms with Crippen LogP contribution in [0.5, 0.6) is 0 Å². The fourth-order valence-electron chi connectivity index (χ4n) is 2.43. The summed E-state index contributed by atoms with van der Waals surface area (Å²) in [4.78, 5) is 16.0. The summed E-state index contributed by atoms with van der Waals surface area (Å²) in [7, 11) is 0. The number of aryl methyl sites for hydroxylation is 1. The molecule has 0 saturated heterocycles. The van der Waals surface area contributed by atoms with Gasteiger partial charge in [-0.05, 0) is 36.2 Å². The summed E-state index contributed by atoms with van der Waals surface area (Å²) < 4.78 is 33.4. The number of nitrogens with zero attached hydrogens (tertiary/aromatic N) is 1. The normalized spacial score (nSPS) is 11.3. The largest absolute Gasteiger partial charge is 0.420 e. The summed E-state index contributed by atoms with van der Waals surface area (Å²) in [5, 5.41) is 2.86. The lowest BCUT2D eigenvalue weighted by molar-refractivity contribution is -0.121. The Kier molecular flexibility index (Phi) is 4.53. The van der Waals surface area contributed by atoms with Crippen molar-refractivity contribution in [3.63, 3.8) is 0 Å². The maximum atomic E-state index is 14.6. The quantitative estimate of drug-likeness (QED) is 0.713. The molecule has 2 aromatic carbocycles. The molecule has 3 aromatic rings. The molecule has 0 aliphatic carbocycles. The van der Waals surface area contributed by atoms with E-state index in [0.29, 0.717) is 11.2 Å². The number of hydrogen-bond acceptors (Lipinski definition) is 4. The van der Waals surface area contributed by atoms with Crippen LogP contribution in [0, 0.1) is 24.5 Å². The Labute approximate surface area is 143 Å². The lowest BCUT2D eigenvalue weighted by Gasteiger charge is -2.05.